The highest BCUT2D eigenvalue weighted by molar-refractivity contribution is 7.93. The minimum absolute atomic E-state index is 0.0160. The average Bonchev–Trinajstić information content (AvgIpc) is 3.39. The van der Waals surface area contributed by atoms with Crippen LogP contribution in [0.4, 0.5) is 0 Å². The Morgan fingerprint density at radius 2 is 1.01 bits per heavy atom. The van der Waals surface area contributed by atoms with Gasteiger partial charge in [0.05, 0.1) is 0 Å². The molecule has 4 unspecified atom stereocenters. The minimum Gasteiger partial charge on any atom is -0.480 e. The summed E-state index contributed by atoms with van der Waals surface area (Å²) >= 11 is 0. The Morgan fingerprint density at radius 3 is 1.35 bits per heavy atom. The molecule has 4 aromatic carbocycles. The molecule has 2 fully saturated rings. The van der Waals surface area contributed by atoms with Gasteiger partial charge in [-0.05, 0) is 96.9 Å². The number of sulfone groups is 2. The molecular weight excluding hydrogens is 945 g/mol. The number of amides is 1. The number of nitrogens with one attached hydrogen (secondary N) is 1. The minimum atomic E-state index is -3.72. The van der Waals surface area contributed by atoms with Gasteiger partial charge >= 0.3 is 5.97 Å². The fourth-order valence-electron chi connectivity index (χ4n) is 8.65. The van der Waals surface area contributed by atoms with Crippen molar-refractivity contribution in [2.45, 2.75) is 87.3 Å². The lowest BCUT2D eigenvalue weighted by atomic mass is 9.96. The van der Waals surface area contributed by atoms with Gasteiger partial charge in [0.1, 0.15) is 0 Å². The SMILES string of the molecule is CC(CN1CC=C(c2ccc(-c3ccccc3)cc2)CC1)(C(=O)NOC1CCCCO1)S(C)(=O)=O.CC(CN1CC=C(c2ccc(-c3ccccc3)cc2)CC1)(C(=O)O)S(C)(=O)=O.NOC1CCCCO1. The number of nitrogens with zero attached hydrogens (tertiary/aromatic N) is 2. The molecule has 4 aliphatic heterocycles. The second-order valence-corrected chi connectivity index (χ2v) is 23.8. The number of carbonyl (C=O) groups excluding carboxylic acids is 1. The molecule has 8 rings (SSSR count). The van der Waals surface area contributed by atoms with E-state index >= 15 is 0 Å². The van der Waals surface area contributed by atoms with Crippen molar-refractivity contribution in [3.63, 3.8) is 0 Å². The van der Waals surface area contributed by atoms with E-state index in [0.29, 0.717) is 39.2 Å². The van der Waals surface area contributed by atoms with Crippen LogP contribution in [0.2, 0.25) is 0 Å². The first-order valence-corrected chi connectivity index (χ1v) is 28.0. The number of rotatable bonds is 15. The Hall–Kier alpha value is -5.08. The van der Waals surface area contributed by atoms with Gasteiger partial charge in [-0.3, -0.25) is 24.2 Å². The van der Waals surface area contributed by atoms with E-state index in [9.17, 15) is 31.5 Å². The van der Waals surface area contributed by atoms with Gasteiger partial charge in [0.25, 0.3) is 5.91 Å². The molecule has 4 heterocycles. The van der Waals surface area contributed by atoms with Crippen molar-refractivity contribution in [3.8, 4) is 22.3 Å². The highest BCUT2D eigenvalue weighted by atomic mass is 32.2. The summed E-state index contributed by atoms with van der Waals surface area (Å²) in [7, 11) is -7.43. The van der Waals surface area contributed by atoms with Crippen molar-refractivity contribution in [2.24, 2.45) is 5.90 Å². The number of hydrogen-bond acceptors (Lipinski definition) is 13. The third-order valence-electron chi connectivity index (χ3n) is 13.6. The maximum absolute atomic E-state index is 12.9. The summed E-state index contributed by atoms with van der Waals surface area (Å²) in [6.45, 7) is 6.58. The molecule has 2 saturated heterocycles. The molecule has 0 aliphatic carbocycles. The van der Waals surface area contributed by atoms with Crippen LogP contribution >= 0.6 is 0 Å². The van der Waals surface area contributed by atoms with Gasteiger partial charge in [-0.15, -0.1) is 0 Å². The van der Waals surface area contributed by atoms with E-state index < -0.39 is 47.3 Å². The standard InChI is InChI=1S/C27H34N2O5S.C22H25NO4S.C5H11NO2/c1-27(35(2,31)32,26(30)28-34-25-10-6-7-19-33-25)20-29-17-15-24(16-18-29)23-13-11-22(12-14-23)21-8-4-3-5-9-21;1-22(21(24)25,28(2,26)27)16-23-14-12-20(13-15-23)19-10-8-18(9-11-19)17-6-4-3-5-7-17;6-8-5-3-1-2-4-7-5/h3-5,8-9,11-15,25H,6-7,10,16-20H2,1-2H3,(H,28,30);3-12H,13-16H2,1-2H3,(H,24,25);5H,1-4,6H2. The van der Waals surface area contributed by atoms with Crippen molar-refractivity contribution >= 4 is 42.7 Å². The van der Waals surface area contributed by atoms with Crippen LogP contribution in [-0.2, 0) is 48.4 Å². The average molecular weight is 1020 g/mol. The van der Waals surface area contributed by atoms with Crippen molar-refractivity contribution in [3.05, 3.63) is 132 Å². The van der Waals surface area contributed by atoms with Gasteiger partial charge in [-0.1, -0.05) is 121 Å². The molecule has 0 aromatic heterocycles. The van der Waals surface area contributed by atoms with Crippen molar-refractivity contribution < 1.29 is 50.7 Å². The van der Waals surface area contributed by atoms with E-state index in [4.69, 9.17) is 20.2 Å². The molecule has 0 radical (unpaired) electrons. The summed E-state index contributed by atoms with van der Waals surface area (Å²) in [6, 6.07) is 37.3. The Labute approximate surface area is 419 Å². The molecule has 4 N–H and O–H groups in total. The van der Waals surface area contributed by atoms with E-state index in [1.54, 1.807) is 0 Å². The highest BCUT2D eigenvalue weighted by Crippen LogP contribution is 2.30. The molecule has 15 nitrogen and oxygen atoms in total. The van der Waals surface area contributed by atoms with Crippen LogP contribution in [0.1, 0.15) is 76.3 Å². The van der Waals surface area contributed by atoms with Gasteiger partial charge < -0.3 is 14.6 Å². The Morgan fingerprint density at radius 1 is 0.620 bits per heavy atom. The summed E-state index contributed by atoms with van der Waals surface area (Å²) in [6.07, 6.45) is 12.9. The number of nitrogens with two attached hydrogens (primary N) is 1. The number of ether oxygens (including phenoxy) is 2. The zero-order valence-electron chi connectivity index (χ0n) is 41.3. The zero-order chi connectivity index (χ0) is 51.1. The van der Waals surface area contributed by atoms with E-state index in [1.807, 2.05) is 46.2 Å². The second-order valence-electron chi connectivity index (χ2n) is 18.9. The molecule has 1 amide bonds. The lowest BCUT2D eigenvalue weighted by molar-refractivity contribution is -0.201. The number of hydrogen-bond donors (Lipinski definition) is 3. The van der Waals surface area contributed by atoms with Crippen molar-refractivity contribution in [1.29, 1.82) is 0 Å². The zero-order valence-corrected chi connectivity index (χ0v) is 43.0. The number of carboxylic acid groups (broad SMARTS) is 1. The summed E-state index contributed by atoms with van der Waals surface area (Å²) < 4.78 is 56.4. The molecule has 0 spiro atoms. The summed E-state index contributed by atoms with van der Waals surface area (Å²) in [5, 5.41) is 9.43. The summed E-state index contributed by atoms with van der Waals surface area (Å²) in [5.74, 6) is 2.91. The third-order valence-corrected chi connectivity index (χ3v) is 17.5. The predicted octanol–water partition coefficient (Wildman–Crippen LogP) is 7.55. The fraction of sp³-hybridized carbons (Fsp3) is 0.444. The van der Waals surface area contributed by atoms with E-state index in [1.165, 1.54) is 48.1 Å². The number of aliphatic carboxylic acids is 1. The predicted molar refractivity (Wildman–Crippen MR) is 278 cm³/mol. The topological polar surface area (TPSA) is 204 Å². The van der Waals surface area contributed by atoms with E-state index in [0.717, 1.165) is 74.3 Å². The van der Waals surface area contributed by atoms with Gasteiger partial charge in [0.15, 0.2) is 41.7 Å². The molecule has 17 heteroatoms. The van der Waals surface area contributed by atoms with Gasteiger partial charge in [-0.25, -0.2) is 33.1 Å². The maximum atomic E-state index is 12.9. The van der Waals surface area contributed by atoms with Gasteiger partial charge in [0.2, 0.25) is 0 Å². The van der Waals surface area contributed by atoms with Crippen LogP contribution in [0, 0.1) is 0 Å². The summed E-state index contributed by atoms with van der Waals surface area (Å²) in [4.78, 5) is 38.2. The molecule has 71 heavy (non-hydrogen) atoms. The first kappa shape index (κ1) is 55.2. The quantitative estimate of drug-likeness (QED) is 0.0985. The molecule has 0 bridgehead atoms. The maximum Gasteiger partial charge on any atom is 0.326 e. The normalized spacial score (nSPS) is 20.7. The van der Waals surface area contributed by atoms with E-state index in [2.05, 4.69) is 95.3 Å². The Kier molecular flexibility index (Phi) is 19.9. The van der Waals surface area contributed by atoms with Crippen LogP contribution in [0.3, 0.4) is 0 Å². The molecular formula is C54H70N4O11S2. The molecule has 4 aromatic rings. The van der Waals surface area contributed by atoms with Crippen LogP contribution in [0.15, 0.2) is 121 Å². The monoisotopic (exact) mass is 1010 g/mol. The number of carboxylic acids is 1. The molecule has 4 aliphatic rings. The molecule has 0 saturated carbocycles. The van der Waals surface area contributed by atoms with Crippen LogP contribution in [-0.4, -0.2) is 131 Å². The smallest absolute Gasteiger partial charge is 0.326 e. The van der Waals surface area contributed by atoms with Crippen LogP contribution in [0.25, 0.3) is 33.4 Å². The van der Waals surface area contributed by atoms with Crippen LogP contribution < -0.4 is 11.4 Å². The number of carbonyl (C=O) groups is 2. The molecule has 384 valence electrons. The Balaban J connectivity index is 0.000000204. The van der Waals surface area contributed by atoms with E-state index in [-0.39, 0.29) is 19.4 Å². The highest BCUT2D eigenvalue weighted by Gasteiger charge is 2.46. The van der Waals surface area contributed by atoms with Crippen molar-refractivity contribution in [2.75, 3.05) is 65.0 Å². The van der Waals surface area contributed by atoms with Crippen molar-refractivity contribution in [1.82, 2.24) is 15.3 Å². The largest absolute Gasteiger partial charge is 0.480 e. The van der Waals surface area contributed by atoms with Gasteiger partial charge in [0, 0.05) is 77.8 Å². The molecule has 4 atom stereocenters. The first-order chi connectivity index (χ1) is 33.9. The Bertz CT molecular complexity index is 2640. The lowest BCUT2D eigenvalue weighted by Gasteiger charge is -2.35. The summed E-state index contributed by atoms with van der Waals surface area (Å²) in [5.41, 5.74) is 11.8. The third kappa shape index (κ3) is 15.2. The second kappa shape index (κ2) is 25.5. The van der Waals surface area contributed by atoms with Gasteiger partial charge in [-0.2, -0.15) is 0 Å². The number of benzene rings is 4. The number of hydroxylamine groups is 1. The lowest BCUT2D eigenvalue weighted by Crippen LogP contribution is -2.57. The first-order valence-electron chi connectivity index (χ1n) is 24.2. The van der Waals surface area contributed by atoms with Crippen LogP contribution in [0.5, 0.6) is 0 Å². The fourth-order valence-corrected chi connectivity index (χ4v) is 10.2.